The Morgan fingerprint density at radius 3 is 2.35 bits per heavy atom. The van der Waals surface area contributed by atoms with E-state index in [9.17, 15) is 9.59 Å². The Morgan fingerprint density at radius 1 is 1.00 bits per heavy atom. The molecule has 98 valence electrons. The second-order valence-electron chi connectivity index (χ2n) is 4.12. The van der Waals surface area contributed by atoms with E-state index in [4.69, 9.17) is 5.26 Å². The number of nitrogens with one attached hydrogen (secondary N) is 1. The highest BCUT2D eigenvalue weighted by atomic mass is 16.1. The van der Waals surface area contributed by atoms with Gasteiger partial charge in [-0.2, -0.15) is 5.26 Å². The first kappa shape index (κ1) is 13.5. The smallest absolute Gasteiger partial charge is 0.238 e. The minimum atomic E-state index is -0.430. The van der Waals surface area contributed by atoms with E-state index in [2.05, 4.69) is 5.32 Å². The molecular weight excluding hydrogens is 252 g/mol. The van der Waals surface area contributed by atoms with Crippen molar-refractivity contribution in [3.8, 4) is 6.07 Å². The summed E-state index contributed by atoms with van der Waals surface area (Å²) in [5.74, 6) is -0.598. The van der Waals surface area contributed by atoms with E-state index in [1.165, 1.54) is 0 Å². The molecule has 0 saturated carbocycles. The first-order chi connectivity index (χ1) is 9.72. The van der Waals surface area contributed by atoms with Gasteiger partial charge in [0.05, 0.1) is 11.8 Å². The van der Waals surface area contributed by atoms with E-state index in [-0.39, 0.29) is 12.2 Å². The van der Waals surface area contributed by atoms with Crippen molar-refractivity contribution in [3.63, 3.8) is 0 Å². The maximum Gasteiger partial charge on any atom is 0.238 e. The third-order valence-electron chi connectivity index (χ3n) is 2.72. The van der Waals surface area contributed by atoms with Gasteiger partial charge in [-0.3, -0.25) is 9.59 Å². The lowest BCUT2D eigenvalue weighted by Crippen LogP contribution is -2.14. The van der Waals surface area contributed by atoms with Crippen molar-refractivity contribution >= 4 is 17.4 Å². The molecule has 0 aliphatic rings. The molecule has 4 nitrogen and oxygen atoms in total. The summed E-state index contributed by atoms with van der Waals surface area (Å²) in [5.41, 5.74) is 1.38. The van der Waals surface area contributed by atoms with Gasteiger partial charge >= 0.3 is 0 Å². The molecule has 0 spiro atoms. The lowest BCUT2D eigenvalue weighted by atomic mass is 10.0. The number of anilines is 1. The maximum absolute atomic E-state index is 12.4. The fourth-order valence-electron chi connectivity index (χ4n) is 1.80. The largest absolute Gasteiger partial charge is 0.325 e. The zero-order valence-corrected chi connectivity index (χ0v) is 10.7. The number of para-hydroxylation sites is 1. The standard InChI is InChI=1S/C16H12N2O2/c17-11-10-15(19)18-14-9-5-4-8-13(14)16(20)12-6-2-1-3-7-12/h1-9H,10H2,(H,18,19). The summed E-state index contributed by atoms with van der Waals surface area (Å²) in [6, 6.07) is 17.4. The van der Waals surface area contributed by atoms with Gasteiger partial charge < -0.3 is 5.32 Å². The second kappa shape index (κ2) is 6.30. The van der Waals surface area contributed by atoms with E-state index in [1.807, 2.05) is 6.07 Å². The highest BCUT2D eigenvalue weighted by Crippen LogP contribution is 2.19. The summed E-state index contributed by atoms with van der Waals surface area (Å²) >= 11 is 0. The molecule has 2 aromatic rings. The predicted molar refractivity (Wildman–Crippen MR) is 75.2 cm³/mol. The Morgan fingerprint density at radius 2 is 1.65 bits per heavy atom. The van der Waals surface area contributed by atoms with Gasteiger partial charge in [0.1, 0.15) is 6.42 Å². The van der Waals surface area contributed by atoms with Crippen molar-refractivity contribution < 1.29 is 9.59 Å². The molecule has 2 rings (SSSR count). The topological polar surface area (TPSA) is 70.0 Å². The van der Waals surface area contributed by atoms with Gasteiger partial charge in [-0.15, -0.1) is 0 Å². The molecule has 2 aromatic carbocycles. The summed E-state index contributed by atoms with van der Waals surface area (Å²) in [6.45, 7) is 0. The number of carbonyl (C=O) groups excluding carboxylic acids is 2. The van der Waals surface area contributed by atoms with Crippen LogP contribution in [0.2, 0.25) is 0 Å². The summed E-state index contributed by atoms with van der Waals surface area (Å²) in [6.07, 6.45) is -0.242. The van der Waals surface area contributed by atoms with Crippen molar-refractivity contribution in [2.45, 2.75) is 6.42 Å². The van der Waals surface area contributed by atoms with Gasteiger partial charge in [0.25, 0.3) is 0 Å². The van der Waals surface area contributed by atoms with Gasteiger partial charge in [0.15, 0.2) is 5.78 Å². The molecule has 1 N–H and O–H groups in total. The first-order valence-electron chi connectivity index (χ1n) is 6.08. The lowest BCUT2D eigenvalue weighted by molar-refractivity contribution is -0.115. The number of hydrogen-bond acceptors (Lipinski definition) is 3. The molecule has 0 aliphatic heterocycles. The Labute approximate surface area is 116 Å². The van der Waals surface area contributed by atoms with Crippen LogP contribution in [0.5, 0.6) is 0 Å². The van der Waals surface area contributed by atoms with Crippen molar-refractivity contribution in [1.29, 1.82) is 5.26 Å². The second-order valence-corrected chi connectivity index (χ2v) is 4.12. The fraction of sp³-hybridized carbons (Fsp3) is 0.0625. The van der Waals surface area contributed by atoms with Crippen LogP contribution in [0.1, 0.15) is 22.3 Å². The van der Waals surface area contributed by atoms with E-state index in [0.717, 1.165) is 0 Å². The zero-order chi connectivity index (χ0) is 14.4. The predicted octanol–water partition coefficient (Wildman–Crippen LogP) is 2.77. The van der Waals surface area contributed by atoms with Crippen LogP contribution < -0.4 is 5.32 Å². The van der Waals surface area contributed by atoms with Crippen LogP contribution in [0.25, 0.3) is 0 Å². The highest BCUT2D eigenvalue weighted by Gasteiger charge is 2.14. The molecule has 0 aliphatic carbocycles. The van der Waals surface area contributed by atoms with Crippen molar-refractivity contribution in [2.24, 2.45) is 0 Å². The van der Waals surface area contributed by atoms with Gasteiger partial charge in [-0.1, -0.05) is 42.5 Å². The van der Waals surface area contributed by atoms with Crippen LogP contribution in [-0.2, 0) is 4.79 Å². The molecular formula is C16H12N2O2. The maximum atomic E-state index is 12.4. The Bertz CT molecular complexity index is 672. The van der Waals surface area contributed by atoms with Crippen LogP contribution in [0.4, 0.5) is 5.69 Å². The molecule has 1 amide bonds. The molecule has 0 atom stereocenters. The number of nitriles is 1. The number of ketones is 1. The SMILES string of the molecule is N#CCC(=O)Nc1ccccc1C(=O)c1ccccc1. The van der Waals surface area contributed by atoms with Gasteiger partial charge in [-0.25, -0.2) is 0 Å². The van der Waals surface area contributed by atoms with Crippen LogP contribution in [0.15, 0.2) is 54.6 Å². The quantitative estimate of drug-likeness (QED) is 0.863. The fourth-order valence-corrected chi connectivity index (χ4v) is 1.80. The molecule has 0 fully saturated rings. The number of carbonyl (C=O) groups is 2. The van der Waals surface area contributed by atoms with E-state index in [1.54, 1.807) is 54.6 Å². The number of rotatable bonds is 4. The van der Waals surface area contributed by atoms with Crippen LogP contribution in [-0.4, -0.2) is 11.7 Å². The minimum Gasteiger partial charge on any atom is -0.325 e. The number of amides is 1. The minimum absolute atomic E-state index is 0.168. The molecule has 0 aromatic heterocycles. The number of hydrogen-bond donors (Lipinski definition) is 1. The molecule has 0 saturated heterocycles. The number of nitrogens with zero attached hydrogens (tertiary/aromatic N) is 1. The molecule has 0 heterocycles. The molecule has 4 heteroatoms. The van der Waals surface area contributed by atoms with Crippen LogP contribution in [0.3, 0.4) is 0 Å². The third-order valence-corrected chi connectivity index (χ3v) is 2.72. The zero-order valence-electron chi connectivity index (χ0n) is 10.7. The van der Waals surface area contributed by atoms with Gasteiger partial charge in [-0.05, 0) is 12.1 Å². The summed E-state index contributed by atoms with van der Waals surface area (Å²) < 4.78 is 0. The normalized spacial score (nSPS) is 9.55. The average Bonchev–Trinajstić information content (AvgIpc) is 2.48. The lowest BCUT2D eigenvalue weighted by Gasteiger charge is -2.09. The van der Waals surface area contributed by atoms with Crippen LogP contribution in [0, 0.1) is 11.3 Å². The van der Waals surface area contributed by atoms with E-state index < -0.39 is 5.91 Å². The third kappa shape index (κ3) is 3.09. The van der Waals surface area contributed by atoms with Crippen molar-refractivity contribution in [3.05, 3.63) is 65.7 Å². The summed E-state index contributed by atoms with van der Waals surface area (Å²) in [4.78, 5) is 23.9. The van der Waals surface area contributed by atoms with E-state index in [0.29, 0.717) is 16.8 Å². The summed E-state index contributed by atoms with van der Waals surface area (Å²) in [5, 5.41) is 11.1. The Hall–Kier alpha value is -2.93. The average molecular weight is 264 g/mol. The van der Waals surface area contributed by atoms with Crippen molar-refractivity contribution in [1.82, 2.24) is 0 Å². The monoisotopic (exact) mass is 264 g/mol. The summed E-state index contributed by atoms with van der Waals surface area (Å²) in [7, 11) is 0. The van der Waals surface area contributed by atoms with Crippen LogP contribution >= 0.6 is 0 Å². The van der Waals surface area contributed by atoms with E-state index >= 15 is 0 Å². The molecule has 20 heavy (non-hydrogen) atoms. The Kier molecular flexibility index (Phi) is 4.25. The first-order valence-corrected chi connectivity index (χ1v) is 6.08. The molecule has 0 unspecified atom stereocenters. The van der Waals surface area contributed by atoms with Crippen molar-refractivity contribution in [2.75, 3.05) is 5.32 Å². The molecule has 0 bridgehead atoms. The van der Waals surface area contributed by atoms with Gasteiger partial charge in [0.2, 0.25) is 5.91 Å². The highest BCUT2D eigenvalue weighted by molar-refractivity contribution is 6.13. The van der Waals surface area contributed by atoms with Gasteiger partial charge in [0, 0.05) is 11.1 Å². The molecule has 0 radical (unpaired) electrons. The Balaban J connectivity index is 2.31. The number of benzene rings is 2.